The minimum Gasteiger partial charge on any atom is -0.370 e. The zero-order valence-corrected chi connectivity index (χ0v) is 13.4. The molecule has 0 bridgehead atoms. The van der Waals surface area contributed by atoms with Crippen molar-refractivity contribution >= 4 is 22.1 Å². The van der Waals surface area contributed by atoms with E-state index in [1.54, 1.807) is 0 Å². The number of benzene rings is 2. The second-order valence-corrected chi connectivity index (χ2v) is 6.75. The van der Waals surface area contributed by atoms with Gasteiger partial charge < -0.3 is 9.80 Å². The highest BCUT2D eigenvalue weighted by atomic mass is 15.2. The Morgan fingerprint density at radius 2 is 1.23 bits per heavy atom. The molecule has 0 atom stereocenters. The van der Waals surface area contributed by atoms with E-state index in [2.05, 4.69) is 46.2 Å². The van der Waals surface area contributed by atoms with Crippen molar-refractivity contribution in [3.05, 3.63) is 36.4 Å². The van der Waals surface area contributed by atoms with Crippen LogP contribution in [0.2, 0.25) is 0 Å². The van der Waals surface area contributed by atoms with Crippen molar-refractivity contribution in [1.82, 2.24) is 0 Å². The largest absolute Gasteiger partial charge is 0.370 e. The summed E-state index contributed by atoms with van der Waals surface area (Å²) in [6.45, 7) is 4.88. The van der Waals surface area contributed by atoms with Gasteiger partial charge in [-0.2, -0.15) is 0 Å². The van der Waals surface area contributed by atoms with Gasteiger partial charge in [-0.3, -0.25) is 0 Å². The van der Waals surface area contributed by atoms with Crippen LogP contribution in [0, 0.1) is 0 Å². The summed E-state index contributed by atoms with van der Waals surface area (Å²) >= 11 is 0. The average molecular weight is 294 g/mol. The van der Waals surface area contributed by atoms with Crippen molar-refractivity contribution in [2.24, 2.45) is 0 Å². The molecule has 0 aromatic heterocycles. The first-order valence-electron chi connectivity index (χ1n) is 8.95. The van der Waals surface area contributed by atoms with Crippen molar-refractivity contribution in [3.63, 3.8) is 0 Å². The Hall–Kier alpha value is -1.70. The fourth-order valence-corrected chi connectivity index (χ4v) is 4.08. The molecule has 2 heteroatoms. The summed E-state index contributed by atoms with van der Waals surface area (Å²) in [6, 6.07) is 13.6. The lowest BCUT2D eigenvalue weighted by atomic mass is 10.0. The molecule has 0 aliphatic carbocycles. The van der Waals surface area contributed by atoms with Crippen LogP contribution in [0.4, 0.5) is 11.4 Å². The molecule has 116 valence electrons. The molecule has 2 aliphatic heterocycles. The highest BCUT2D eigenvalue weighted by Crippen LogP contribution is 2.39. The molecule has 0 amide bonds. The van der Waals surface area contributed by atoms with Crippen molar-refractivity contribution in [1.29, 1.82) is 0 Å². The summed E-state index contributed by atoms with van der Waals surface area (Å²) in [5.41, 5.74) is 2.97. The fourth-order valence-electron chi connectivity index (χ4n) is 4.08. The van der Waals surface area contributed by atoms with Gasteiger partial charge in [0, 0.05) is 31.6 Å². The SMILES string of the molecule is c1ccc2c(N3CCCCC3)c(N3CCCCC3)ccc2c1. The fraction of sp³-hybridized carbons (Fsp3) is 0.500. The predicted molar refractivity (Wildman–Crippen MR) is 96.1 cm³/mol. The second-order valence-electron chi connectivity index (χ2n) is 6.75. The third-order valence-electron chi connectivity index (χ3n) is 5.25. The van der Waals surface area contributed by atoms with E-state index in [9.17, 15) is 0 Å². The molecule has 2 aromatic carbocycles. The zero-order valence-electron chi connectivity index (χ0n) is 13.4. The van der Waals surface area contributed by atoms with Crippen molar-refractivity contribution in [2.75, 3.05) is 36.0 Å². The highest BCUT2D eigenvalue weighted by Gasteiger charge is 2.21. The Morgan fingerprint density at radius 3 is 1.95 bits per heavy atom. The van der Waals surface area contributed by atoms with E-state index in [0.717, 1.165) is 0 Å². The first kappa shape index (κ1) is 13.9. The normalized spacial score (nSPS) is 19.6. The Morgan fingerprint density at radius 1 is 0.591 bits per heavy atom. The Balaban J connectivity index is 1.83. The maximum absolute atomic E-state index is 2.65. The minimum absolute atomic E-state index is 1.22. The van der Waals surface area contributed by atoms with Crippen LogP contribution in [0.3, 0.4) is 0 Å². The van der Waals surface area contributed by atoms with E-state index in [0.29, 0.717) is 0 Å². The van der Waals surface area contributed by atoms with Crippen molar-refractivity contribution in [3.8, 4) is 0 Å². The summed E-state index contributed by atoms with van der Waals surface area (Å²) in [7, 11) is 0. The molecule has 2 nitrogen and oxygen atoms in total. The molecule has 2 aromatic rings. The highest BCUT2D eigenvalue weighted by molar-refractivity contribution is 6.01. The second kappa shape index (κ2) is 6.20. The third kappa shape index (κ3) is 2.55. The van der Waals surface area contributed by atoms with Gasteiger partial charge in [-0.05, 0) is 50.0 Å². The van der Waals surface area contributed by atoms with Crippen molar-refractivity contribution in [2.45, 2.75) is 38.5 Å². The molecule has 2 saturated heterocycles. The van der Waals surface area contributed by atoms with Gasteiger partial charge in [0.1, 0.15) is 0 Å². The summed E-state index contributed by atoms with van der Waals surface area (Å²) in [4.78, 5) is 5.27. The van der Waals surface area contributed by atoms with Gasteiger partial charge in [0.2, 0.25) is 0 Å². The molecule has 0 saturated carbocycles. The lowest BCUT2D eigenvalue weighted by Crippen LogP contribution is -2.34. The van der Waals surface area contributed by atoms with Crippen LogP contribution in [0.15, 0.2) is 36.4 Å². The number of rotatable bonds is 2. The van der Waals surface area contributed by atoms with Gasteiger partial charge >= 0.3 is 0 Å². The molecular formula is C20H26N2. The monoisotopic (exact) mass is 294 g/mol. The minimum atomic E-state index is 1.22. The molecule has 22 heavy (non-hydrogen) atoms. The lowest BCUT2D eigenvalue weighted by Gasteiger charge is -2.37. The Kier molecular flexibility index (Phi) is 3.92. The molecule has 4 rings (SSSR count). The van der Waals surface area contributed by atoms with Gasteiger partial charge in [-0.15, -0.1) is 0 Å². The first-order chi connectivity index (χ1) is 10.9. The van der Waals surface area contributed by atoms with Crippen LogP contribution >= 0.6 is 0 Å². The van der Waals surface area contributed by atoms with Crippen LogP contribution in [-0.2, 0) is 0 Å². The smallest absolute Gasteiger partial charge is 0.0683 e. The number of fused-ring (bicyclic) bond motifs is 1. The molecular weight excluding hydrogens is 268 g/mol. The summed E-state index contributed by atoms with van der Waals surface area (Å²) in [6.07, 6.45) is 8.13. The van der Waals surface area contributed by atoms with Gasteiger partial charge in [0.05, 0.1) is 11.4 Å². The van der Waals surface area contributed by atoms with E-state index in [1.807, 2.05) is 0 Å². The molecule has 0 radical (unpaired) electrons. The summed E-state index contributed by atoms with van der Waals surface area (Å²) in [5, 5.41) is 2.82. The van der Waals surface area contributed by atoms with Crippen LogP contribution < -0.4 is 9.80 Å². The van der Waals surface area contributed by atoms with Crippen LogP contribution in [0.1, 0.15) is 38.5 Å². The number of piperidine rings is 2. The molecule has 2 aliphatic rings. The van der Waals surface area contributed by atoms with E-state index in [1.165, 1.54) is 86.9 Å². The zero-order chi connectivity index (χ0) is 14.8. The maximum Gasteiger partial charge on any atom is 0.0683 e. The topological polar surface area (TPSA) is 6.48 Å². The quantitative estimate of drug-likeness (QED) is 0.783. The molecule has 2 fully saturated rings. The van der Waals surface area contributed by atoms with E-state index in [4.69, 9.17) is 0 Å². The number of anilines is 2. The maximum atomic E-state index is 2.65. The van der Waals surface area contributed by atoms with E-state index in [-0.39, 0.29) is 0 Å². The standard InChI is InChI=1S/C20H26N2/c1-5-13-21(14-6-1)19-12-11-17-9-3-4-10-18(17)20(19)22-15-7-2-8-16-22/h3-4,9-12H,1-2,5-8,13-16H2. The van der Waals surface area contributed by atoms with Gasteiger partial charge in [0.15, 0.2) is 0 Å². The predicted octanol–water partition coefficient (Wildman–Crippen LogP) is 4.82. The van der Waals surface area contributed by atoms with Crippen LogP contribution in [0.25, 0.3) is 10.8 Å². The van der Waals surface area contributed by atoms with Gasteiger partial charge in [-0.1, -0.05) is 30.3 Å². The molecule has 0 unspecified atom stereocenters. The Bertz CT molecular complexity index is 637. The average Bonchev–Trinajstić information content (AvgIpc) is 2.62. The van der Waals surface area contributed by atoms with E-state index < -0.39 is 0 Å². The number of nitrogens with zero attached hydrogens (tertiary/aromatic N) is 2. The van der Waals surface area contributed by atoms with Crippen LogP contribution in [-0.4, -0.2) is 26.2 Å². The van der Waals surface area contributed by atoms with Crippen LogP contribution in [0.5, 0.6) is 0 Å². The van der Waals surface area contributed by atoms with E-state index >= 15 is 0 Å². The molecule has 0 N–H and O–H groups in total. The molecule has 0 spiro atoms. The first-order valence-corrected chi connectivity index (χ1v) is 8.95. The Labute approximate surface area is 133 Å². The summed E-state index contributed by atoms with van der Waals surface area (Å²) < 4.78 is 0. The number of hydrogen-bond donors (Lipinski definition) is 0. The van der Waals surface area contributed by atoms with Gasteiger partial charge in [0.25, 0.3) is 0 Å². The molecule has 2 heterocycles. The van der Waals surface area contributed by atoms with Gasteiger partial charge in [-0.25, -0.2) is 0 Å². The summed E-state index contributed by atoms with van der Waals surface area (Å²) in [5.74, 6) is 0. The number of hydrogen-bond acceptors (Lipinski definition) is 2. The third-order valence-corrected chi connectivity index (χ3v) is 5.25. The van der Waals surface area contributed by atoms with Crippen molar-refractivity contribution < 1.29 is 0 Å². The lowest BCUT2D eigenvalue weighted by molar-refractivity contribution is 0.566.